The summed E-state index contributed by atoms with van der Waals surface area (Å²) in [5.41, 5.74) is 5.47. The van der Waals surface area contributed by atoms with Gasteiger partial charge in [-0.25, -0.2) is 4.98 Å². The van der Waals surface area contributed by atoms with Crippen molar-refractivity contribution in [2.45, 2.75) is 50.7 Å². The monoisotopic (exact) mass is 897 g/mol. The first kappa shape index (κ1) is 27.3. The molecule has 7 rings (SSSR count). The predicted octanol–water partition coefficient (Wildman–Crippen LogP) is 10.9. The Kier molecular flexibility index (Phi) is 8.48. The molecule has 0 aliphatic heterocycles. The van der Waals surface area contributed by atoms with E-state index in [1.165, 1.54) is 40.1 Å². The molecule has 0 unspecified atom stereocenters. The zero-order valence-corrected chi connectivity index (χ0v) is 32.5. The normalized spacial score (nSPS) is 14.2. The number of hydrogen-bond acceptors (Lipinski definition) is 4. The number of aryl methyl sites for hydroxylation is 2. The van der Waals surface area contributed by atoms with Crippen molar-refractivity contribution in [2.75, 3.05) is 0 Å². The molecule has 0 saturated carbocycles. The second kappa shape index (κ2) is 14.9. The third-order valence-corrected chi connectivity index (χ3v) is 13.2. The number of nitrogens with zero attached hydrogens (tertiary/aromatic N) is 3. The van der Waals surface area contributed by atoms with Gasteiger partial charge in [0.05, 0.1) is 0 Å². The van der Waals surface area contributed by atoms with Crippen molar-refractivity contribution in [2.24, 2.45) is 0 Å². The zero-order valence-electron chi connectivity index (χ0n) is 34.2. The van der Waals surface area contributed by atoms with E-state index in [0.29, 0.717) is 16.1 Å². The van der Waals surface area contributed by atoms with Gasteiger partial charge < -0.3 is 4.98 Å². The van der Waals surface area contributed by atoms with Crippen LogP contribution in [-0.4, -0.2) is 28.2 Å². The maximum atomic E-state index is 13.0. The maximum absolute atomic E-state index is 13.0. The van der Waals surface area contributed by atoms with Gasteiger partial charge in [0.15, 0.2) is 0 Å². The second-order valence-corrected chi connectivity index (χ2v) is 24.1. The molecular weight excluding hydrogens is 850 g/mol. The number of hydrogen-bond donors (Lipinski definition) is 0. The van der Waals surface area contributed by atoms with Crippen molar-refractivity contribution in [1.29, 1.82) is 0 Å². The van der Waals surface area contributed by atoms with Gasteiger partial charge in [0.2, 0.25) is 0 Å². The third-order valence-electron chi connectivity index (χ3n) is 7.84. The van der Waals surface area contributed by atoms with E-state index >= 15 is 0 Å². The molecule has 4 aromatic heterocycles. The van der Waals surface area contributed by atoms with E-state index in [-0.39, 0.29) is 37.2 Å². The van der Waals surface area contributed by atoms with E-state index in [1.807, 2.05) is 62.5 Å². The number of benzene rings is 3. The molecule has 3 aromatic carbocycles. The van der Waals surface area contributed by atoms with Crippen LogP contribution in [-0.2, 0) is 20.1 Å². The summed E-state index contributed by atoms with van der Waals surface area (Å²) in [5, 5.41) is 1.79. The minimum atomic E-state index is -2.31. The fraction of sp³-hybridized carbons (Fsp3) is 0.195. The van der Waals surface area contributed by atoms with Crippen LogP contribution in [0.5, 0.6) is 0 Å². The molecule has 48 heavy (non-hydrogen) atoms. The summed E-state index contributed by atoms with van der Waals surface area (Å²) < 4.78 is 70.3. The van der Waals surface area contributed by atoms with Crippen LogP contribution in [0.25, 0.3) is 53.9 Å². The molecular formula is C41H38FGeIrN3S-2. The van der Waals surface area contributed by atoms with Crippen molar-refractivity contribution in [3.8, 4) is 33.6 Å². The van der Waals surface area contributed by atoms with Gasteiger partial charge in [0.25, 0.3) is 0 Å². The van der Waals surface area contributed by atoms with Crippen LogP contribution in [0.3, 0.4) is 0 Å². The number of rotatable bonds is 5. The van der Waals surface area contributed by atoms with Gasteiger partial charge in [-0.2, -0.15) is 11.3 Å². The van der Waals surface area contributed by atoms with Crippen LogP contribution in [0.1, 0.15) is 46.2 Å². The van der Waals surface area contributed by atoms with Crippen molar-refractivity contribution >= 4 is 49.3 Å². The van der Waals surface area contributed by atoms with Gasteiger partial charge in [-0.3, -0.25) is 0 Å². The first-order chi connectivity index (χ1) is 25.2. The van der Waals surface area contributed by atoms with Crippen LogP contribution >= 0.6 is 11.3 Å². The summed E-state index contributed by atoms with van der Waals surface area (Å²) in [6.07, 6.45) is 3.33. The zero-order chi connectivity index (χ0) is 39.2. The van der Waals surface area contributed by atoms with Gasteiger partial charge in [0.1, 0.15) is 4.83 Å². The second-order valence-electron chi connectivity index (χ2n) is 12.5. The van der Waals surface area contributed by atoms with Gasteiger partial charge in [0, 0.05) is 40.2 Å². The quantitative estimate of drug-likeness (QED) is 0.128. The maximum Gasteiger partial charge on any atom is 0.113 e. The molecule has 7 aromatic rings. The Morgan fingerprint density at radius 2 is 1.67 bits per heavy atom. The van der Waals surface area contributed by atoms with Crippen LogP contribution in [0.4, 0.5) is 4.39 Å². The Bertz CT molecular complexity index is 2460. The van der Waals surface area contributed by atoms with Gasteiger partial charge >= 0.3 is 125 Å². The summed E-state index contributed by atoms with van der Waals surface area (Å²) in [5.74, 6) is 5.93. The first-order valence-corrected chi connectivity index (χ1v) is 23.4. The molecule has 0 aliphatic carbocycles. The molecule has 0 aliphatic rings. The smallest absolute Gasteiger partial charge is 0.113 e. The van der Waals surface area contributed by atoms with Gasteiger partial charge in [-0.1, -0.05) is 47.9 Å². The van der Waals surface area contributed by atoms with E-state index in [4.69, 9.17) is 9.60 Å². The Balaban J connectivity index is 0.000000229. The summed E-state index contributed by atoms with van der Waals surface area (Å²) in [6.45, 7) is -0.786. The molecule has 0 N–H and O–H groups in total. The first-order valence-electron chi connectivity index (χ1n) is 18.7. The number of halogens is 1. The SMILES string of the molecule is [2H]C(C)(C)c1cc(-c2[c-]cc(F)cc2)nc[c]1[Ge]([CH3])([CH3])[CH3].[2H]C([2H])([2H])c1ccc2c(n1)sc1c(-c3cc(-c4ccccc4)c(C([2H])([2H])[2H])cn3)[c-]ccc12.[Ir]. The molecule has 0 atom stereocenters. The van der Waals surface area contributed by atoms with Crippen molar-refractivity contribution in [3.63, 3.8) is 0 Å². The van der Waals surface area contributed by atoms with Crippen molar-refractivity contribution in [3.05, 3.63) is 132 Å². The van der Waals surface area contributed by atoms with Crippen LogP contribution in [0.2, 0.25) is 17.3 Å². The van der Waals surface area contributed by atoms with E-state index in [2.05, 4.69) is 44.4 Å². The number of thiophene rings is 1. The Morgan fingerprint density at radius 1 is 0.875 bits per heavy atom. The average molecular weight is 896 g/mol. The van der Waals surface area contributed by atoms with E-state index < -0.39 is 32.9 Å². The largest absolute Gasteiger partial charge is 0.304 e. The Hall–Kier alpha value is -3.55. The Morgan fingerprint density at radius 3 is 2.35 bits per heavy atom. The molecule has 0 bridgehead atoms. The minimum Gasteiger partial charge on any atom is -0.304 e. The summed E-state index contributed by atoms with van der Waals surface area (Å²) in [7, 11) is 0. The number of pyridine rings is 3. The average Bonchev–Trinajstić information content (AvgIpc) is 3.49. The molecule has 4 heterocycles. The van der Waals surface area contributed by atoms with Gasteiger partial charge in [-0.05, 0) is 52.2 Å². The Labute approximate surface area is 313 Å². The van der Waals surface area contributed by atoms with Crippen LogP contribution in [0, 0.1) is 31.7 Å². The van der Waals surface area contributed by atoms with E-state index in [9.17, 15) is 4.39 Å². The fourth-order valence-electron chi connectivity index (χ4n) is 5.44. The van der Waals surface area contributed by atoms with E-state index in [1.54, 1.807) is 24.3 Å². The summed E-state index contributed by atoms with van der Waals surface area (Å²) in [6, 6.07) is 30.7. The van der Waals surface area contributed by atoms with Crippen molar-refractivity contribution in [1.82, 2.24) is 15.0 Å². The van der Waals surface area contributed by atoms with E-state index in [0.717, 1.165) is 43.4 Å². The molecule has 7 heteroatoms. The standard InChI is InChI=1S/C24H17N2S.C17H21FGeN.Ir/c1-15-14-25-22(13-21(15)17-7-4-3-5-8-17)20-10-6-9-18-19-12-11-16(2)26-24(19)27-23(18)20;1-12(2)15-10-17(13-6-8-14(18)9-7-13)20-11-16(15)19(3,4)5;/h3-9,11-14H,1-2H3;6,8-12H,1-5H3;/q2*-1;/i1D3,2D3;12D;. The van der Waals surface area contributed by atoms with Gasteiger partial charge in [-0.15, -0.1) is 23.8 Å². The minimum absolute atomic E-state index is 0. The molecule has 0 amide bonds. The molecule has 3 nitrogen and oxygen atoms in total. The predicted molar refractivity (Wildman–Crippen MR) is 200 cm³/mol. The molecule has 245 valence electrons. The molecule has 0 saturated heterocycles. The van der Waals surface area contributed by atoms with Crippen molar-refractivity contribution < 1.29 is 34.1 Å². The fourth-order valence-corrected chi connectivity index (χ4v) is 9.94. The summed E-state index contributed by atoms with van der Waals surface area (Å²) >= 11 is -0.715. The summed E-state index contributed by atoms with van der Waals surface area (Å²) in [4.78, 5) is 14.0. The topological polar surface area (TPSA) is 38.7 Å². The van der Waals surface area contributed by atoms with Crippen LogP contribution in [0.15, 0.2) is 97.3 Å². The van der Waals surface area contributed by atoms with Crippen LogP contribution < -0.4 is 4.40 Å². The number of fused-ring (bicyclic) bond motifs is 3. The number of aromatic nitrogens is 3. The molecule has 0 spiro atoms. The molecule has 0 fully saturated rings. The molecule has 1 radical (unpaired) electrons. The third kappa shape index (κ3) is 7.68.